The Morgan fingerprint density at radius 1 is 1.50 bits per heavy atom. The van der Waals surface area contributed by atoms with E-state index in [2.05, 4.69) is 5.92 Å². The summed E-state index contributed by atoms with van der Waals surface area (Å²) >= 11 is 0. The SMILES string of the molecule is C#CCCCCn1c(C)cc(C(=O)O)c1C. The molecule has 3 heteroatoms. The van der Waals surface area contributed by atoms with Crippen LogP contribution in [-0.4, -0.2) is 15.6 Å². The van der Waals surface area contributed by atoms with E-state index in [1.54, 1.807) is 6.07 Å². The molecule has 1 aromatic heterocycles. The number of hydrogen-bond donors (Lipinski definition) is 1. The van der Waals surface area contributed by atoms with Crippen LogP contribution in [0.1, 0.15) is 41.0 Å². The molecule has 0 fully saturated rings. The van der Waals surface area contributed by atoms with Crippen LogP contribution >= 0.6 is 0 Å². The molecular weight excluding hydrogens is 202 g/mol. The van der Waals surface area contributed by atoms with Crippen LogP contribution < -0.4 is 0 Å². The van der Waals surface area contributed by atoms with Gasteiger partial charge >= 0.3 is 5.97 Å². The summed E-state index contributed by atoms with van der Waals surface area (Å²) in [6.07, 6.45) is 7.93. The van der Waals surface area contributed by atoms with Crippen LogP contribution in [0.5, 0.6) is 0 Å². The minimum atomic E-state index is -0.858. The molecule has 0 radical (unpaired) electrons. The fraction of sp³-hybridized carbons (Fsp3) is 0.462. The molecule has 1 rings (SSSR count). The zero-order valence-corrected chi connectivity index (χ0v) is 9.79. The second-order valence-corrected chi connectivity index (χ2v) is 3.90. The van der Waals surface area contributed by atoms with Crippen molar-refractivity contribution in [2.24, 2.45) is 0 Å². The maximum absolute atomic E-state index is 10.9. The lowest BCUT2D eigenvalue weighted by Crippen LogP contribution is -2.04. The van der Waals surface area contributed by atoms with Crippen molar-refractivity contribution >= 4 is 5.97 Å². The van der Waals surface area contributed by atoms with Crippen molar-refractivity contribution in [1.82, 2.24) is 4.57 Å². The molecule has 0 aliphatic heterocycles. The molecule has 16 heavy (non-hydrogen) atoms. The Hall–Kier alpha value is -1.69. The van der Waals surface area contributed by atoms with Crippen LogP contribution in [0, 0.1) is 26.2 Å². The Morgan fingerprint density at radius 3 is 2.69 bits per heavy atom. The lowest BCUT2D eigenvalue weighted by Gasteiger charge is -2.08. The van der Waals surface area contributed by atoms with E-state index in [0.717, 1.165) is 37.2 Å². The van der Waals surface area contributed by atoms with Gasteiger partial charge in [0.2, 0.25) is 0 Å². The van der Waals surface area contributed by atoms with Gasteiger partial charge in [-0.05, 0) is 32.8 Å². The molecule has 0 unspecified atom stereocenters. The highest BCUT2D eigenvalue weighted by Gasteiger charge is 2.13. The Labute approximate surface area is 96.1 Å². The summed E-state index contributed by atoms with van der Waals surface area (Å²) in [5.41, 5.74) is 2.22. The van der Waals surface area contributed by atoms with Crippen molar-refractivity contribution < 1.29 is 9.90 Å². The standard InChI is InChI=1S/C13H17NO2/c1-4-5-6-7-8-14-10(2)9-12(11(14)3)13(15)16/h1,9H,5-8H2,2-3H3,(H,15,16). The van der Waals surface area contributed by atoms with E-state index in [4.69, 9.17) is 11.5 Å². The third-order valence-corrected chi connectivity index (χ3v) is 2.76. The third-order valence-electron chi connectivity index (χ3n) is 2.76. The number of hydrogen-bond acceptors (Lipinski definition) is 1. The van der Waals surface area contributed by atoms with Crippen molar-refractivity contribution in [3.63, 3.8) is 0 Å². The number of nitrogens with zero attached hydrogens (tertiary/aromatic N) is 1. The molecule has 0 aliphatic rings. The van der Waals surface area contributed by atoms with Gasteiger partial charge in [-0.15, -0.1) is 12.3 Å². The lowest BCUT2D eigenvalue weighted by molar-refractivity contribution is 0.0696. The zero-order valence-electron chi connectivity index (χ0n) is 9.79. The average Bonchev–Trinajstić information content (AvgIpc) is 2.51. The maximum atomic E-state index is 10.9. The second kappa shape index (κ2) is 5.41. The highest BCUT2D eigenvalue weighted by atomic mass is 16.4. The Kier molecular flexibility index (Phi) is 4.19. The third kappa shape index (κ3) is 2.66. The predicted octanol–water partition coefficient (Wildman–Crippen LogP) is 2.61. The molecule has 0 aromatic carbocycles. The van der Waals surface area contributed by atoms with Crippen molar-refractivity contribution in [2.75, 3.05) is 0 Å². The van der Waals surface area contributed by atoms with Crippen molar-refractivity contribution in [1.29, 1.82) is 0 Å². The van der Waals surface area contributed by atoms with E-state index in [1.807, 2.05) is 18.4 Å². The Bertz CT molecular complexity index is 424. The number of terminal acetylenes is 1. The monoisotopic (exact) mass is 219 g/mol. The van der Waals surface area contributed by atoms with Gasteiger partial charge in [-0.25, -0.2) is 4.79 Å². The first-order chi connectivity index (χ1) is 7.57. The summed E-state index contributed by atoms with van der Waals surface area (Å²) in [6.45, 7) is 4.62. The number of carboxylic acid groups (broad SMARTS) is 1. The highest BCUT2D eigenvalue weighted by molar-refractivity contribution is 5.89. The molecule has 0 bridgehead atoms. The van der Waals surface area contributed by atoms with Gasteiger partial charge in [-0.1, -0.05) is 0 Å². The Morgan fingerprint density at radius 2 is 2.19 bits per heavy atom. The van der Waals surface area contributed by atoms with Crippen molar-refractivity contribution in [3.8, 4) is 12.3 Å². The first-order valence-electron chi connectivity index (χ1n) is 5.41. The van der Waals surface area contributed by atoms with E-state index >= 15 is 0 Å². The van der Waals surface area contributed by atoms with Crippen LogP contribution in [0.3, 0.4) is 0 Å². The Balaban J connectivity index is 2.73. The van der Waals surface area contributed by atoms with E-state index in [9.17, 15) is 4.79 Å². The maximum Gasteiger partial charge on any atom is 0.337 e. The molecule has 0 saturated carbocycles. The number of aromatic carboxylic acids is 1. The molecule has 1 heterocycles. The van der Waals surface area contributed by atoms with Crippen LogP contribution in [0.15, 0.2) is 6.07 Å². The number of unbranched alkanes of at least 4 members (excludes halogenated alkanes) is 2. The van der Waals surface area contributed by atoms with Crippen molar-refractivity contribution in [3.05, 3.63) is 23.0 Å². The predicted molar refractivity (Wildman–Crippen MR) is 63.5 cm³/mol. The number of aryl methyl sites for hydroxylation is 1. The molecule has 86 valence electrons. The molecule has 3 nitrogen and oxygen atoms in total. The van der Waals surface area contributed by atoms with Crippen molar-refractivity contribution in [2.45, 2.75) is 39.7 Å². The molecule has 0 amide bonds. The summed E-state index contributed by atoms with van der Waals surface area (Å²) in [4.78, 5) is 10.9. The quantitative estimate of drug-likeness (QED) is 0.611. The van der Waals surface area contributed by atoms with Crippen LogP contribution in [-0.2, 0) is 6.54 Å². The molecule has 0 atom stereocenters. The molecule has 0 saturated heterocycles. The van der Waals surface area contributed by atoms with E-state index in [1.165, 1.54) is 0 Å². The van der Waals surface area contributed by atoms with Gasteiger partial charge in [0.25, 0.3) is 0 Å². The summed E-state index contributed by atoms with van der Waals surface area (Å²) in [7, 11) is 0. The highest BCUT2D eigenvalue weighted by Crippen LogP contribution is 2.16. The van der Waals surface area contributed by atoms with E-state index in [-0.39, 0.29) is 0 Å². The van der Waals surface area contributed by atoms with Gasteiger partial charge in [0, 0.05) is 24.4 Å². The zero-order chi connectivity index (χ0) is 12.1. The molecule has 1 N–H and O–H groups in total. The van der Waals surface area contributed by atoms with Crippen LogP contribution in [0.4, 0.5) is 0 Å². The number of rotatable bonds is 5. The number of aromatic nitrogens is 1. The summed E-state index contributed by atoms with van der Waals surface area (Å²) in [5, 5.41) is 8.97. The molecule has 0 aliphatic carbocycles. The topological polar surface area (TPSA) is 42.2 Å². The fourth-order valence-electron chi connectivity index (χ4n) is 1.86. The first-order valence-corrected chi connectivity index (χ1v) is 5.41. The summed E-state index contributed by atoms with van der Waals surface area (Å²) < 4.78 is 2.04. The second-order valence-electron chi connectivity index (χ2n) is 3.90. The van der Waals surface area contributed by atoms with Gasteiger partial charge in [0.15, 0.2) is 0 Å². The number of carboxylic acids is 1. The number of carbonyl (C=O) groups is 1. The van der Waals surface area contributed by atoms with Gasteiger partial charge in [-0.3, -0.25) is 0 Å². The normalized spacial score (nSPS) is 10.1. The fourth-order valence-corrected chi connectivity index (χ4v) is 1.86. The first kappa shape index (κ1) is 12.4. The van der Waals surface area contributed by atoms with E-state index < -0.39 is 5.97 Å². The van der Waals surface area contributed by atoms with Gasteiger partial charge in [-0.2, -0.15) is 0 Å². The van der Waals surface area contributed by atoms with Gasteiger partial charge < -0.3 is 9.67 Å². The molecular formula is C13H17NO2. The van der Waals surface area contributed by atoms with Crippen LogP contribution in [0.2, 0.25) is 0 Å². The van der Waals surface area contributed by atoms with Crippen LogP contribution in [0.25, 0.3) is 0 Å². The van der Waals surface area contributed by atoms with E-state index in [0.29, 0.717) is 5.56 Å². The average molecular weight is 219 g/mol. The lowest BCUT2D eigenvalue weighted by atomic mass is 10.2. The summed E-state index contributed by atoms with van der Waals surface area (Å²) in [6, 6.07) is 1.72. The molecule has 1 aromatic rings. The van der Waals surface area contributed by atoms with Gasteiger partial charge in [0.1, 0.15) is 0 Å². The summed E-state index contributed by atoms with van der Waals surface area (Å²) in [5.74, 6) is 1.74. The molecule has 0 spiro atoms. The minimum absolute atomic E-state index is 0.398. The minimum Gasteiger partial charge on any atom is -0.478 e. The smallest absolute Gasteiger partial charge is 0.337 e. The van der Waals surface area contributed by atoms with Gasteiger partial charge in [0.05, 0.1) is 5.56 Å². The largest absolute Gasteiger partial charge is 0.478 e.